The van der Waals surface area contributed by atoms with Crippen molar-refractivity contribution >= 4 is 11.9 Å². The standard InChI is InChI=1S/C14H19NO3/c1-9-4-5-12(10(2)8-9)6-7-15-13(16)11(3)14(17)18/h4-5,8,11H,6-7H2,1-3H3,(H,15,16)(H,17,18). The molecule has 0 bridgehead atoms. The van der Waals surface area contributed by atoms with Crippen molar-refractivity contribution in [2.75, 3.05) is 6.54 Å². The van der Waals surface area contributed by atoms with Gasteiger partial charge in [-0.2, -0.15) is 0 Å². The first-order valence-electron chi connectivity index (χ1n) is 5.98. The van der Waals surface area contributed by atoms with Crippen LogP contribution in [-0.2, 0) is 16.0 Å². The van der Waals surface area contributed by atoms with E-state index in [-0.39, 0.29) is 0 Å². The number of carbonyl (C=O) groups excluding carboxylic acids is 1. The first kappa shape index (κ1) is 14.2. The van der Waals surface area contributed by atoms with Gasteiger partial charge in [0.05, 0.1) is 0 Å². The minimum absolute atomic E-state index is 0.438. The van der Waals surface area contributed by atoms with Crippen LogP contribution in [0.15, 0.2) is 18.2 Å². The van der Waals surface area contributed by atoms with Crippen LogP contribution in [0, 0.1) is 19.8 Å². The van der Waals surface area contributed by atoms with E-state index in [1.54, 1.807) is 0 Å². The summed E-state index contributed by atoms with van der Waals surface area (Å²) in [6.45, 7) is 5.91. The zero-order valence-electron chi connectivity index (χ0n) is 11.0. The van der Waals surface area contributed by atoms with Gasteiger partial charge in [0.25, 0.3) is 0 Å². The Hall–Kier alpha value is -1.84. The van der Waals surface area contributed by atoms with Gasteiger partial charge in [-0.15, -0.1) is 0 Å². The van der Waals surface area contributed by atoms with E-state index in [1.165, 1.54) is 23.6 Å². The summed E-state index contributed by atoms with van der Waals surface area (Å²) in [5.41, 5.74) is 3.57. The first-order chi connectivity index (χ1) is 8.41. The first-order valence-corrected chi connectivity index (χ1v) is 5.98. The van der Waals surface area contributed by atoms with Gasteiger partial charge in [0.2, 0.25) is 5.91 Å². The Balaban J connectivity index is 2.47. The van der Waals surface area contributed by atoms with Gasteiger partial charge in [0.1, 0.15) is 5.92 Å². The summed E-state index contributed by atoms with van der Waals surface area (Å²) in [6, 6.07) is 6.17. The number of rotatable bonds is 5. The van der Waals surface area contributed by atoms with Crippen molar-refractivity contribution in [2.45, 2.75) is 27.2 Å². The van der Waals surface area contributed by atoms with E-state index in [4.69, 9.17) is 5.11 Å². The molecule has 1 rings (SSSR count). The third kappa shape index (κ3) is 3.87. The molecule has 0 heterocycles. The molecule has 0 aromatic heterocycles. The molecule has 4 heteroatoms. The summed E-state index contributed by atoms with van der Waals surface area (Å²) < 4.78 is 0. The summed E-state index contributed by atoms with van der Waals surface area (Å²) in [7, 11) is 0. The molecular weight excluding hydrogens is 230 g/mol. The lowest BCUT2D eigenvalue weighted by molar-refractivity contribution is -0.146. The summed E-state index contributed by atoms with van der Waals surface area (Å²) in [6.07, 6.45) is 0.712. The predicted molar refractivity (Wildman–Crippen MR) is 69.4 cm³/mol. The number of hydrogen-bond acceptors (Lipinski definition) is 2. The number of benzene rings is 1. The number of carbonyl (C=O) groups is 2. The van der Waals surface area contributed by atoms with Crippen molar-refractivity contribution in [3.8, 4) is 0 Å². The largest absolute Gasteiger partial charge is 0.481 e. The molecule has 1 aromatic carbocycles. The molecule has 2 N–H and O–H groups in total. The molecule has 1 unspecified atom stereocenters. The zero-order chi connectivity index (χ0) is 13.7. The summed E-state index contributed by atoms with van der Waals surface area (Å²) in [5.74, 6) is -2.53. The molecule has 0 radical (unpaired) electrons. The number of nitrogens with one attached hydrogen (secondary N) is 1. The normalized spacial score (nSPS) is 11.9. The van der Waals surface area contributed by atoms with E-state index in [1.807, 2.05) is 26.0 Å². The van der Waals surface area contributed by atoms with Crippen LogP contribution in [0.25, 0.3) is 0 Å². The summed E-state index contributed by atoms with van der Waals surface area (Å²) in [4.78, 5) is 22.0. The van der Waals surface area contributed by atoms with Gasteiger partial charge < -0.3 is 10.4 Å². The molecule has 98 valence electrons. The molecule has 0 saturated carbocycles. The molecule has 0 fully saturated rings. The molecule has 0 aliphatic rings. The Morgan fingerprint density at radius 3 is 2.56 bits per heavy atom. The average molecular weight is 249 g/mol. The minimum atomic E-state index is -1.10. The molecule has 0 spiro atoms. The number of aryl methyl sites for hydroxylation is 2. The lowest BCUT2D eigenvalue weighted by Crippen LogP contribution is -2.34. The number of carboxylic acid groups (broad SMARTS) is 1. The van der Waals surface area contributed by atoms with E-state index in [2.05, 4.69) is 11.4 Å². The fraction of sp³-hybridized carbons (Fsp3) is 0.429. The van der Waals surface area contributed by atoms with Crippen LogP contribution >= 0.6 is 0 Å². The van der Waals surface area contributed by atoms with Gasteiger partial charge in [-0.25, -0.2) is 0 Å². The van der Waals surface area contributed by atoms with E-state index in [0.29, 0.717) is 13.0 Å². The highest BCUT2D eigenvalue weighted by Gasteiger charge is 2.19. The maximum absolute atomic E-state index is 11.4. The molecule has 18 heavy (non-hydrogen) atoms. The summed E-state index contributed by atoms with van der Waals surface area (Å²) >= 11 is 0. The monoisotopic (exact) mass is 249 g/mol. The SMILES string of the molecule is Cc1ccc(CCNC(=O)C(C)C(=O)O)c(C)c1. The van der Waals surface area contributed by atoms with Gasteiger partial charge in [-0.1, -0.05) is 23.8 Å². The Morgan fingerprint density at radius 1 is 1.33 bits per heavy atom. The van der Waals surface area contributed by atoms with E-state index in [0.717, 1.165) is 0 Å². The highest BCUT2D eigenvalue weighted by molar-refractivity contribution is 5.96. The quantitative estimate of drug-likeness (QED) is 0.780. The molecular formula is C14H19NO3. The van der Waals surface area contributed by atoms with Crippen molar-refractivity contribution in [3.05, 3.63) is 34.9 Å². The van der Waals surface area contributed by atoms with Crippen molar-refractivity contribution in [3.63, 3.8) is 0 Å². The van der Waals surface area contributed by atoms with Crippen LogP contribution in [0.1, 0.15) is 23.6 Å². The number of carboxylic acids is 1. The van der Waals surface area contributed by atoms with Crippen molar-refractivity contribution in [2.24, 2.45) is 5.92 Å². The highest BCUT2D eigenvalue weighted by Crippen LogP contribution is 2.10. The van der Waals surface area contributed by atoms with Crippen LogP contribution in [-0.4, -0.2) is 23.5 Å². The molecule has 4 nitrogen and oxygen atoms in total. The smallest absolute Gasteiger partial charge is 0.315 e. The van der Waals surface area contributed by atoms with Crippen LogP contribution in [0.4, 0.5) is 0 Å². The van der Waals surface area contributed by atoms with Gasteiger partial charge in [-0.3, -0.25) is 9.59 Å². The van der Waals surface area contributed by atoms with Crippen molar-refractivity contribution < 1.29 is 14.7 Å². The fourth-order valence-electron chi connectivity index (χ4n) is 1.71. The topological polar surface area (TPSA) is 66.4 Å². The van der Waals surface area contributed by atoms with Crippen LogP contribution in [0.3, 0.4) is 0 Å². The number of amides is 1. The second-order valence-corrected chi connectivity index (χ2v) is 4.53. The predicted octanol–water partition coefficient (Wildman–Crippen LogP) is 1.68. The van der Waals surface area contributed by atoms with Gasteiger partial charge in [0, 0.05) is 6.54 Å². The maximum Gasteiger partial charge on any atom is 0.315 e. The van der Waals surface area contributed by atoms with E-state index in [9.17, 15) is 9.59 Å². The molecule has 1 amide bonds. The molecule has 1 aromatic rings. The van der Waals surface area contributed by atoms with Gasteiger partial charge in [-0.05, 0) is 38.3 Å². The van der Waals surface area contributed by atoms with Crippen molar-refractivity contribution in [1.29, 1.82) is 0 Å². The van der Waals surface area contributed by atoms with E-state index < -0.39 is 17.8 Å². The fourth-order valence-corrected chi connectivity index (χ4v) is 1.71. The van der Waals surface area contributed by atoms with Crippen LogP contribution in [0.2, 0.25) is 0 Å². The van der Waals surface area contributed by atoms with Gasteiger partial charge >= 0.3 is 5.97 Å². The molecule has 0 aliphatic heterocycles. The van der Waals surface area contributed by atoms with Crippen molar-refractivity contribution in [1.82, 2.24) is 5.32 Å². The Bertz CT molecular complexity index is 454. The zero-order valence-corrected chi connectivity index (χ0v) is 11.0. The Labute approximate surface area is 107 Å². The third-order valence-corrected chi connectivity index (χ3v) is 2.96. The maximum atomic E-state index is 11.4. The molecule has 1 atom stereocenters. The van der Waals surface area contributed by atoms with Crippen LogP contribution in [0.5, 0.6) is 0 Å². The third-order valence-electron chi connectivity index (χ3n) is 2.96. The lowest BCUT2D eigenvalue weighted by atomic mass is 10.0. The second-order valence-electron chi connectivity index (χ2n) is 4.53. The second kappa shape index (κ2) is 6.19. The number of hydrogen-bond donors (Lipinski definition) is 2. The van der Waals surface area contributed by atoms with E-state index >= 15 is 0 Å². The van der Waals surface area contributed by atoms with Crippen LogP contribution < -0.4 is 5.32 Å². The minimum Gasteiger partial charge on any atom is -0.481 e. The highest BCUT2D eigenvalue weighted by atomic mass is 16.4. The molecule has 0 saturated heterocycles. The Kier molecular flexibility index (Phi) is 4.89. The molecule has 0 aliphatic carbocycles. The van der Waals surface area contributed by atoms with Gasteiger partial charge in [0.15, 0.2) is 0 Å². The number of aliphatic carboxylic acids is 1. The summed E-state index contributed by atoms with van der Waals surface area (Å²) in [5, 5.41) is 11.3. The average Bonchev–Trinajstić information content (AvgIpc) is 2.30. The lowest BCUT2D eigenvalue weighted by Gasteiger charge is -2.10. The Morgan fingerprint density at radius 2 is 2.00 bits per heavy atom.